The van der Waals surface area contributed by atoms with Crippen LogP contribution in [0.5, 0.6) is 0 Å². The maximum absolute atomic E-state index is 6.03. The largest absolute Gasteiger partial charge is 0.405 e. The van der Waals surface area contributed by atoms with E-state index in [1.54, 1.807) is 0 Å². The quantitative estimate of drug-likeness (QED) is 0.535. The summed E-state index contributed by atoms with van der Waals surface area (Å²) in [6.07, 6.45) is 0. The summed E-state index contributed by atoms with van der Waals surface area (Å²) in [7, 11) is -1.46. The molecule has 0 aliphatic heterocycles. The Kier molecular flexibility index (Phi) is 4.36. The van der Waals surface area contributed by atoms with Gasteiger partial charge in [-0.05, 0) is 12.5 Å². The number of rotatable bonds is 4. The maximum atomic E-state index is 6.03. The molecule has 0 heterocycles. The van der Waals surface area contributed by atoms with Crippen molar-refractivity contribution in [2.24, 2.45) is 0 Å². The molecule has 1 aromatic carbocycles. The van der Waals surface area contributed by atoms with Crippen LogP contribution in [0.2, 0.25) is 0 Å². The highest BCUT2D eigenvalue weighted by molar-refractivity contribution is 7.02. The van der Waals surface area contributed by atoms with Gasteiger partial charge in [0.25, 0.3) is 8.35 Å². The van der Waals surface area contributed by atoms with Crippen molar-refractivity contribution in [3.05, 3.63) is 35.9 Å². The third-order valence-electron chi connectivity index (χ3n) is 1.59. The molecule has 0 spiro atoms. The molecule has 0 saturated heterocycles. The van der Waals surface area contributed by atoms with Gasteiger partial charge in [-0.1, -0.05) is 30.3 Å². The predicted molar refractivity (Wildman–Crippen MR) is 54.8 cm³/mol. The van der Waals surface area contributed by atoms with Gasteiger partial charge in [-0.15, -0.1) is 11.1 Å². The number of benzene rings is 1. The Hall–Kier alpha value is -0.313. The Labute approximate surface area is 79.7 Å². The second-order valence-electron chi connectivity index (χ2n) is 2.56. The molecule has 1 atom stereocenters. The summed E-state index contributed by atoms with van der Waals surface area (Å²) < 4.78 is 5.35. The molecule has 0 aliphatic carbocycles. The Morgan fingerprint density at radius 1 is 1.33 bits per heavy atom. The van der Waals surface area contributed by atoms with Gasteiger partial charge in [-0.2, -0.15) is 0 Å². The molecule has 0 aromatic heterocycles. The molecule has 0 radical (unpaired) electrons. The van der Waals surface area contributed by atoms with E-state index >= 15 is 0 Å². The van der Waals surface area contributed by atoms with E-state index < -0.39 is 8.35 Å². The minimum Gasteiger partial charge on any atom is -0.405 e. The first-order chi connectivity index (χ1) is 5.83. The lowest BCUT2D eigenvalue weighted by Crippen LogP contribution is -2.14. The lowest BCUT2D eigenvalue weighted by Gasteiger charge is -2.06. The van der Waals surface area contributed by atoms with E-state index in [1.165, 1.54) is 5.56 Å². The van der Waals surface area contributed by atoms with Gasteiger partial charge >= 0.3 is 0 Å². The van der Waals surface area contributed by atoms with Crippen LogP contribution in [0.25, 0.3) is 0 Å². The zero-order valence-electron chi connectivity index (χ0n) is 7.16. The van der Waals surface area contributed by atoms with Crippen molar-refractivity contribution < 1.29 is 4.43 Å². The van der Waals surface area contributed by atoms with E-state index in [9.17, 15) is 0 Å². The normalized spacial score (nSPS) is 12.8. The third-order valence-corrected chi connectivity index (χ3v) is 3.91. The van der Waals surface area contributed by atoms with Crippen LogP contribution < -0.4 is 0 Å². The van der Waals surface area contributed by atoms with Gasteiger partial charge in [0.2, 0.25) is 0 Å². The maximum Gasteiger partial charge on any atom is 0.278 e. The summed E-state index contributed by atoms with van der Waals surface area (Å²) in [5.41, 5.74) is 1.28. The zero-order chi connectivity index (χ0) is 8.81. The Morgan fingerprint density at radius 3 is 2.58 bits per heavy atom. The molecule has 1 nitrogen and oxygen atoms in total. The average Bonchev–Trinajstić information content (AvgIpc) is 2.06. The fourth-order valence-corrected chi connectivity index (χ4v) is 3.07. The fourth-order valence-electron chi connectivity index (χ4n) is 1.04. The molecule has 1 rings (SSSR count). The summed E-state index contributed by atoms with van der Waals surface area (Å²) in [6.45, 7) is 2.71. The van der Waals surface area contributed by atoms with Gasteiger partial charge in [0, 0.05) is 12.7 Å². The topological polar surface area (TPSA) is 9.23 Å². The lowest BCUT2D eigenvalue weighted by molar-refractivity contribution is 0.354. The minimum atomic E-state index is -1.46. The summed E-state index contributed by atoms with van der Waals surface area (Å²) >= 11 is 6.03. The fraction of sp³-hybridized carbons (Fsp3) is 0.333. The number of halogens is 1. The highest BCUT2D eigenvalue weighted by Crippen LogP contribution is 2.05. The highest BCUT2D eigenvalue weighted by Gasteiger charge is 2.06. The van der Waals surface area contributed by atoms with Gasteiger partial charge in [-0.3, -0.25) is 0 Å². The van der Waals surface area contributed by atoms with Crippen molar-refractivity contribution in [2.45, 2.75) is 13.0 Å². The van der Waals surface area contributed by atoms with E-state index in [-0.39, 0.29) is 0 Å². The second-order valence-corrected chi connectivity index (χ2v) is 5.58. The van der Waals surface area contributed by atoms with E-state index in [4.69, 9.17) is 15.5 Å². The van der Waals surface area contributed by atoms with Gasteiger partial charge in [0.1, 0.15) is 0 Å². The van der Waals surface area contributed by atoms with Crippen LogP contribution in [0.3, 0.4) is 0 Å². The van der Waals surface area contributed by atoms with Gasteiger partial charge in [0.15, 0.2) is 0 Å². The molecule has 0 amide bonds. The van der Waals surface area contributed by atoms with Crippen molar-refractivity contribution in [1.29, 1.82) is 0 Å². The summed E-state index contributed by atoms with van der Waals surface area (Å²) in [5, 5.41) is 0. The summed E-state index contributed by atoms with van der Waals surface area (Å²) in [4.78, 5) is 0. The molecule has 0 N–H and O–H groups in total. The van der Waals surface area contributed by atoms with Crippen molar-refractivity contribution in [1.82, 2.24) is 0 Å². The van der Waals surface area contributed by atoms with Crippen LogP contribution >= 0.6 is 11.1 Å². The van der Waals surface area contributed by atoms with Crippen LogP contribution in [0, 0.1) is 0 Å². The molecular formula is C9H13ClOSi. The van der Waals surface area contributed by atoms with Crippen LogP contribution in [-0.2, 0) is 10.5 Å². The van der Waals surface area contributed by atoms with E-state index in [1.807, 2.05) is 25.1 Å². The summed E-state index contributed by atoms with van der Waals surface area (Å²) in [5.74, 6) is 0. The van der Waals surface area contributed by atoms with Gasteiger partial charge in [0.05, 0.1) is 0 Å². The number of hydrogen-bond acceptors (Lipinski definition) is 1. The molecule has 66 valence electrons. The second kappa shape index (κ2) is 5.35. The first-order valence-corrected chi connectivity index (χ1v) is 7.16. The Balaban J connectivity index is 2.41. The Morgan fingerprint density at radius 2 is 2.00 bits per heavy atom. The summed E-state index contributed by atoms with van der Waals surface area (Å²) in [6, 6.07) is 11.1. The van der Waals surface area contributed by atoms with E-state index in [0.717, 1.165) is 12.7 Å². The van der Waals surface area contributed by atoms with Crippen molar-refractivity contribution in [2.75, 3.05) is 6.61 Å². The highest BCUT2D eigenvalue weighted by atomic mass is 35.6. The van der Waals surface area contributed by atoms with Crippen LogP contribution in [-0.4, -0.2) is 15.0 Å². The molecule has 0 fully saturated rings. The third kappa shape index (κ3) is 3.39. The average molecular weight is 201 g/mol. The van der Waals surface area contributed by atoms with Crippen LogP contribution in [0.1, 0.15) is 12.5 Å². The van der Waals surface area contributed by atoms with Crippen molar-refractivity contribution >= 4 is 19.4 Å². The zero-order valence-corrected chi connectivity index (χ0v) is 9.08. The van der Waals surface area contributed by atoms with Crippen LogP contribution in [0.4, 0.5) is 0 Å². The predicted octanol–water partition coefficient (Wildman–Crippen LogP) is 2.26. The van der Waals surface area contributed by atoms with Crippen molar-refractivity contribution in [3.8, 4) is 0 Å². The SMILES string of the molecule is CCO[SiH](Cl)Cc1ccccc1. The molecule has 0 bridgehead atoms. The standard InChI is InChI=1S/C9H13ClOSi/c1-2-11-12(10)8-9-6-4-3-5-7-9/h3-7,12H,2,8H2,1H3. The minimum absolute atomic E-state index is 0.729. The van der Waals surface area contributed by atoms with E-state index in [0.29, 0.717) is 0 Å². The molecule has 0 aliphatic rings. The molecule has 1 aromatic rings. The molecule has 3 heteroatoms. The monoisotopic (exact) mass is 200 g/mol. The number of hydrogen-bond donors (Lipinski definition) is 0. The molecule has 0 saturated carbocycles. The van der Waals surface area contributed by atoms with Gasteiger partial charge in [-0.25, -0.2) is 0 Å². The molecular weight excluding hydrogens is 188 g/mol. The van der Waals surface area contributed by atoms with Crippen LogP contribution in [0.15, 0.2) is 30.3 Å². The van der Waals surface area contributed by atoms with Gasteiger partial charge < -0.3 is 4.43 Å². The molecule has 12 heavy (non-hydrogen) atoms. The first-order valence-electron chi connectivity index (χ1n) is 4.12. The van der Waals surface area contributed by atoms with Crippen molar-refractivity contribution in [3.63, 3.8) is 0 Å². The first kappa shape index (κ1) is 9.77. The molecule has 1 unspecified atom stereocenters. The van der Waals surface area contributed by atoms with E-state index in [2.05, 4.69) is 12.1 Å². The smallest absolute Gasteiger partial charge is 0.278 e. The Bertz CT molecular complexity index is 215. The lowest BCUT2D eigenvalue weighted by atomic mass is 10.2.